The number of thioether (sulfide) groups is 1. The van der Waals surface area contributed by atoms with Crippen LogP contribution in [0.25, 0.3) is 0 Å². The molecule has 1 aromatic rings. The quantitative estimate of drug-likeness (QED) is 0.920. The van der Waals surface area contributed by atoms with E-state index in [0.29, 0.717) is 0 Å². The average Bonchev–Trinajstić information content (AvgIpc) is 2.25. The molecule has 0 heterocycles. The average molecular weight is 282 g/mol. The third-order valence-corrected chi connectivity index (χ3v) is 3.60. The summed E-state index contributed by atoms with van der Waals surface area (Å²) in [6.45, 7) is 7.61. The van der Waals surface area contributed by atoms with Crippen LogP contribution in [0.5, 0.6) is 5.75 Å². The highest BCUT2D eigenvalue weighted by molar-refractivity contribution is 8.14. The third kappa shape index (κ3) is 5.25. The van der Waals surface area contributed by atoms with Crippen LogP contribution in [-0.2, 0) is 10.4 Å². The highest BCUT2D eigenvalue weighted by Gasteiger charge is 2.29. The number of hydrogen-bond donors (Lipinski definition) is 1. The summed E-state index contributed by atoms with van der Waals surface area (Å²) in [5.41, 5.74) is -0.433. The molecular formula is C15H22O3S. The van der Waals surface area contributed by atoms with Gasteiger partial charge in [-0.2, -0.15) is 0 Å². The van der Waals surface area contributed by atoms with Crippen LogP contribution in [0.3, 0.4) is 0 Å². The summed E-state index contributed by atoms with van der Waals surface area (Å²) in [5.74, 6) is 0.731. The van der Waals surface area contributed by atoms with Crippen molar-refractivity contribution in [2.45, 2.75) is 44.5 Å². The molecule has 0 unspecified atom stereocenters. The first-order chi connectivity index (χ1) is 8.64. The number of carbonyl (C=O) groups excluding carboxylic acids is 1. The first kappa shape index (κ1) is 16.1. The van der Waals surface area contributed by atoms with Gasteiger partial charge in [0.1, 0.15) is 5.75 Å². The molecule has 0 radical (unpaired) electrons. The van der Waals surface area contributed by atoms with Crippen LogP contribution in [0.1, 0.15) is 39.7 Å². The van der Waals surface area contributed by atoms with Crippen LogP contribution in [0.15, 0.2) is 24.3 Å². The lowest BCUT2D eigenvalue weighted by Crippen LogP contribution is -2.25. The Morgan fingerprint density at radius 2 is 1.74 bits per heavy atom. The Balaban J connectivity index is 2.76. The minimum absolute atomic E-state index is 0.00619. The zero-order valence-corrected chi connectivity index (χ0v) is 13.0. The van der Waals surface area contributed by atoms with E-state index in [4.69, 9.17) is 4.74 Å². The van der Waals surface area contributed by atoms with Crippen molar-refractivity contribution in [1.82, 2.24) is 0 Å². The van der Waals surface area contributed by atoms with Gasteiger partial charge in [0.05, 0.1) is 12.7 Å². The number of carbonyl (C=O) groups is 1. The maximum atomic E-state index is 11.9. The molecule has 0 amide bonds. The number of rotatable bonds is 4. The molecule has 0 aliphatic carbocycles. The second-order valence-electron chi connectivity index (χ2n) is 5.77. The Bertz CT molecular complexity index is 430. The SMILES string of the molecule is COc1ccc([C@](C)(O)CC(=O)SC(C)(C)C)cc1. The Morgan fingerprint density at radius 3 is 2.16 bits per heavy atom. The van der Waals surface area contributed by atoms with Crippen LogP contribution in [0.4, 0.5) is 0 Å². The second-order valence-corrected chi connectivity index (χ2v) is 7.65. The van der Waals surface area contributed by atoms with E-state index in [1.165, 1.54) is 11.8 Å². The van der Waals surface area contributed by atoms with E-state index in [9.17, 15) is 9.90 Å². The molecule has 106 valence electrons. The molecule has 1 N–H and O–H groups in total. The van der Waals surface area contributed by atoms with E-state index in [2.05, 4.69) is 0 Å². The monoisotopic (exact) mass is 282 g/mol. The number of aliphatic hydroxyl groups is 1. The lowest BCUT2D eigenvalue weighted by atomic mass is 9.93. The Labute approximate surface area is 119 Å². The molecule has 3 nitrogen and oxygen atoms in total. The van der Waals surface area contributed by atoms with Gasteiger partial charge in [0.2, 0.25) is 0 Å². The Hall–Kier alpha value is -1.00. The van der Waals surface area contributed by atoms with E-state index < -0.39 is 5.60 Å². The first-order valence-electron chi connectivity index (χ1n) is 6.23. The number of benzene rings is 1. The molecule has 4 heteroatoms. The predicted octanol–water partition coefficient (Wildman–Crippen LogP) is 3.35. The maximum Gasteiger partial charge on any atom is 0.192 e. The fraction of sp³-hybridized carbons (Fsp3) is 0.533. The van der Waals surface area contributed by atoms with Crippen LogP contribution >= 0.6 is 11.8 Å². The van der Waals surface area contributed by atoms with Crippen molar-refractivity contribution in [1.29, 1.82) is 0 Å². The summed E-state index contributed by atoms with van der Waals surface area (Å²) in [7, 11) is 1.59. The van der Waals surface area contributed by atoms with Gasteiger partial charge in [-0.15, -0.1) is 0 Å². The number of methoxy groups -OCH3 is 1. The predicted molar refractivity (Wildman–Crippen MR) is 79.5 cm³/mol. The van der Waals surface area contributed by atoms with Crippen molar-refractivity contribution < 1.29 is 14.6 Å². The van der Waals surface area contributed by atoms with Gasteiger partial charge < -0.3 is 9.84 Å². The zero-order valence-electron chi connectivity index (χ0n) is 12.2. The van der Waals surface area contributed by atoms with Gasteiger partial charge in [0.15, 0.2) is 5.12 Å². The standard InChI is InChI=1S/C15H22O3S/c1-14(2,3)19-13(16)10-15(4,17)11-6-8-12(18-5)9-7-11/h6-9,17H,10H2,1-5H3/t15-/m1/s1. The molecule has 0 bridgehead atoms. The van der Waals surface area contributed by atoms with Crippen molar-refractivity contribution in [3.63, 3.8) is 0 Å². The van der Waals surface area contributed by atoms with Crippen molar-refractivity contribution in [3.05, 3.63) is 29.8 Å². The van der Waals surface area contributed by atoms with Crippen molar-refractivity contribution >= 4 is 16.9 Å². The molecule has 0 fully saturated rings. The highest BCUT2D eigenvalue weighted by Crippen LogP contribution is 2.32. The Morgan fingerprint density at radius 1 is 1.21 bits per heavy atom. The van der Waals surface area contributed by atoms with Crippen LogP contribution < -0.4 is 4.74 Å². The van der Waals surface area contributed by atoms with Gasteiger partial charge in [-0.05, 0) is 24.6 Å². The molecule has 0 aromatic heterocycles. The zero-order chi connectivity index (χ0) is 14.7. The molecule has 1 aromatic carbocycles. The van der Waals surface area contributed by atoms with Gasteiger partial charge in [-0.25, -0.2) is 0 Å². The van der Waals surface area contributed by atoms with E-state index in [-0.39, 0.29) is 16.3 Å². The molecule has 1 atom stereocenters. The molecule has 0 aliphatic rings. The highest BCUT2D eigenvalue weighted by atomic mass is 32.2. The van der Waals surface area contributed by atoms with Gasteiger partial charge in [-0.1, -0.05) is 44.7 Å². The fourth-order valence-corrected chi connectivity index (χ4v) is 2.75. The van der Waals surface area contributed by atoms with Crippen molar-refractivity contribution in [3.8, 4) is 5.75 Å². The van der Waals surface area contributed by atoms with E-state index in [1.54, 1.807) is 38.3 Å². The lowest BCUT2D eigenvalue weighted by Gasteiger charge is -2.25. The molecule has 0 aliphatic heterocycles. The van der Waals surface area contributed by atoms with Crippen molar-refractivity contribution in [2.75, 3.05) is 7.11 Å². The van der Waals surface area contributed by atoms with E-state index >= 15 is 0 Å². The topological polar surface area (TPSA) is 46.5 Å². The minimum atomic E-state index is -1.15. The number of ether oxygens (including phenoxy) is 1. The molecule has 0 saturated carbocycles. The fourth-order valence-electron chi connectivity index (χ4n) is 1.71. The van der Waals surface area contributed by atoms with Gasteiger partial charge in [0, 0.05) is 11.2 Å². The van der Waals surface area contributed by atoms with Gasteiger partial charge in [-0.3, -0.25) is 4.79 Å². The van der Waals surface area contributed by atoms with Crippen molar-refractivity contribution in [2.24, 2.45) is 0 Å². The summed E-state index contributed by atoms with van der Waals surface area (Å²) in [5, 5.41) is 10.4. The molecule has 0 spiro atoms. The molecule has 0 saturated heterocycles. The summed E-state index contributed by atoms with van der Waals surface area (Å²) in [4.78, 5) is 11.9. The van der Waals surface area contributed by atoms with Crippen LogP contribution in [0, 0.1) is 0 Å². The summed E-state index contributed by atoms with van der Waals surface area (Å²) in [6.07, 6.45) is 0.0985. The number of hydrogen-bond acceptors (Lipinski definition) is 4. The maximum absolute atomic E-state index is 11.9. The lowest BCUT2D eigenvalue weighted by molar-refractivity contribution is -0.115. The third-order valence-electron chi connectivity index (χ3n) is 2.62. The van der Waals surface area contributed by atoms with E-state index in [0.717, 1.165) is 11.3 Å². The van der Waals surface area contributed by atoms with Crippen LogP contribution in [0.2, 0.25) is 0 Å². The molecular weight excluding hydrogens is 260 g/mol. The summed E-state index contributed by atoms with van der Waals surface area (Å²) >= 11 is 1.26. The Kier molecular flexibility index (Phi) is 5.04. The van der Waals surface area contributed by atoms with Gasteiger partial charge >= 0.3 is 0 Å². The second kappa shape index (κ2) is 5.97. The molecule has 19 heavy (non-hydrogen) atoms. The summed E-state index contributed by atoms with van der Waals surface area (Å²) < 4.78 is 4.94. The smallest absolute Gasteiger partial charge is 0.192 e. The summed E-state index contributed by atoms with van der Waals surface area (Å²) in [6, 6.07) is 7.14. The largest absolute Gasteiger partial charge is 0.497 e. The molecule has 1 rings (SSSR count). The van der Waals surface area contributed by atoms with Crippen LogP contribution in [-0.4, -0.2) is 22.1 Å². The first-order valence-corrected chi connectivity index (χ1v) is 7.04. The minimum Gasteiger partial charge on any atom is -0.497 e. The normalized spacial score (nSPS) is 14.8. The van der Waals surface area contributed by atoms with E-state index in [1.807, 2.05) is 20.8 Å². The van der Waals surface area contributed by atoms with Gasteiger partial charge in [0.25, 0.3) is 0 Å².